The van der Waals surface area contributed by atoms with Crippen LogP contribution in [0.15, 0.2) is 182 Å². The number of aliphatic hydroxyl groups is 1. The predicted octanol–water partition coefficient (Wildman–Crippen LogP) is 21.2. The van der Waals surface area contributed by atoms with E-state index < -0.39 is 97.5 Å². The number of carbonyl (C=O) groups is 4. The molecule has 0 aromatic heterocycles. The second-order valence-corrected chi connectivity index (χ2v) is 26.7. The van der Waals surface area contributed by atoms with Crippen molar-refractivity contribution in [1.29, 1.82) is 0 Å². The number of hydrogen-bond donors (Lipinski definition) is 3. The van der Waals surface area contributed by atoms with Gasteiger partial charge in [0.05, 0.1) is 32.8 Å². The molecule has 0 aromatic carbocycles. The third kappa shape index (κ3) is 70.6. The number of phosphoric ester groups is 2. The number of allylic oxidation sites excluding steroid dienone is 29. The van der Waals surface area contributed by atoms with Crippen LogP contribution in [0, 0.1) is 0 Å². The summed E-state index contributed by atoms with van der Waals surface area (Å²) in [4.78, 5) is 72.7. The molecule has 0 aliphatic heterocycles. The lowest BCUT2D eigenvalue weighted by Crippen LogP contribution is -2.30. The van der Waals surface area contributed by atoms with Gasteiger partial charge in [-0.1, -0.05) is 249 Å². The average molecular weight is 1440 g/mol. The number of esters is 4. The molecule has 564 valence electrons. The largest absolute Gasteiger partial charge is 0.472 e. The SMILES string of the molecule is CC/C=C\C/C=C\C/C=C\C/C=C\C/C=C\CCCC(=O)OCC(COP(=O)(O)OCC(O)COP(=O)(O)OCC(COC(=O)C/C=C\C/C=C\C/C=C\C/C=C\C/C=C\CC)OC(=O)CCCC/C=C\C/C=C\C/C=C\C/C=C\CC)OC(=O)CCCCCCC/C=C\CCCCCC. The van der Waals surface area contributed by atoms with Crippen LogP contribution in [0.25, 0.3) is 0 Å². The van der Waals surface area contributed by atoms with Crippen LogP contribution < -0.4 is 0 Å². The molecule has 5 unspecified atom stereocenters. The standard InChI is InChI=1S/C81H128O17P2/c1-5-9-13-17-21-25-29-33-36-37-40-43-46-50-54-58-62-66-79(84)92-71-76(97-80(85)67-63-59-55-51-47-41-32-28-24-20-16-12-8-4)73-95-99(87,88)93-69-75(82)70-94-100(89,90)96-74-77(98-81(86)68-64-60-56-52-48-44-39-35-31-27-23-19-15-11-7-3)72-91-78(83)65-61-57-53-49-45-42-38-34-30-26-22-18-14-10-6-2/h9-11,13-15,21-23,25-28,32-36,38-40,43,45,48-50,52,54,57,61,75-77,82H,5-8,12,16-20,24,29-31,37,41-42,44,46-47,51,53,55-56,58-60,62-74H2,1-4H3,(H,87,88)(H,89,90)/b13-9-,14-10-,15-11-,25-21-,26-22-,27-23-,32-28-,36-33-,38-34-,39-35-,43-40-,49-45-,52-48-,54-50-,61-57-. The fraction of sp³-hybridized carbons (Fsp3) is 0.580. The summed E-state index contributed by atoms with van der Waals surface area (Å²) in [6, 6.07) is 0. The van der Waals surface area contributed by atoms with Gasteiger partial charge in [-0.05, 0) is 154 Å². The number of aliphatic hydroxyl groups excluding tert-OH is 1. The highest BCUT2D eigenvalue weighted by Gasteiger charge is 2.30. The molecule has 0 radical (unpaired) electrons. The van der Waals surface area contributed by atoms with Crippen molar-refractivity contribution in [3.05, 3.63) is 182 Å². The molecule has 0 aromatic rings. The number of hydrogen-bond acceptors (Lipinski definition) is 15. The summed E-state index contributed by atoms with van der Waals surface area (Å²) in [5.74, 6) is -2.47. The first kappa shape index (κ1) is 94.2. The van der Waals surface area contributed by atoms with E-state index in [0.717, 1.165) is 128 Å². The molecule has 0 rings (SSSR count). The Bertz CT molecular complexity index is 2620. The molecule has 5 atom stereocenters. The third-order valence-corrected chi connectivity index (χ3v) is 16.3. The summed E-state index contributed by atoms with van der Waals surface area (Å²) in [6.45, 7) is 4.22. The number of ether oxygens (including phenoxy) is 4. The molecule has 0 saturated heterocycles. The summed E-state index contributed by atoms with van der Waals surface area (Å²) in [7, 11) is -10.0. The van der Waals surface area contributed by atoms with E-state index in [2.05, 4.69) is 167 Å². The zero-order chi connectivity index (χ0) is 73.2. The van der Waals surface area contributed by atoms with Crippen LogP contribution in [-0.2, 0) is 65.4 Å². The highest BCUT2D eigenvalue weighted by Crippen LogP contribution is 2.45. The number of phosphoric acid groups is 2. The molecule has 0 amide bonds. The molecule has 3 N–H and O–H groups in total. The third-order valence-electron chi connectivity index (χ3n) is 14.4. The molecule has 0 spiro atoms. The van der Waals surface area contributed by atoms with Crippen LogP contribution in [0.1, 0.15) is 246 Å². The number of rotatable bonds is 67. The van der Waals surface area contributed by atoms with E-state index in [9.17, 15) is 43.2 Å². The van der Waals surface area contributed by atoms with Crippen molar-refractivity contribution in [2.24, 2.45) is 0 Å². The topological polar surface area (TPSA) is 237 Å². The fourth-order valence-electron chi connectivity index (χ4n) is 8.84. The van der Waals surface area contributed by atoms with E-state index in [0.29, 0.717) is 38.5 Å². The summed E-state index contributed by atoms with van der Waals surface area (Å²) in [6.07, 6.45) is 85.1. The minimum atomic E-state index is -5.02. The first-order valence-electron chi connectivity index (χ1n) is 37.0. The highest BCUT2D eigenvalue weighted by molar-refractivity contribution is 7.47. The van der Waals surface area contributed by atoms with Crippen LogP contribution in [0.2, 0.25) is 0 Å². The second kappa shape index (κ2) is 71.6. The zero-order valence-electron chi connectivity index (χ0n) is 61.3. The zero-order valence-corrected chi connectivity index (χ0v) is 63.1. The van der Waals surface area contributed by atoms with Gasteiger partial charge in [-0.15, -0.1) is 0 Å². The van der Waals surface area contributed by atoms with Crippen LogP contribution >= 0.6 is 15.6 Å². The molecule has 17 nitrogen and oxygen atoms in total. The molecule has 0 bridgehead atoms. The van der Waals surface area contributed by atoms with Gasteiger partial charge in [0.2, 0.25) is 0 Å². The maximum Gasteiger partial charge on any atom is 0.472 e. The lowest BCUT2D eigenvalue weighted by atomic mass is 10.1. The first-order chi connectivity index (χ1) is 48.7. The summed E-state index contributed by atoms with van der Waals surface area (Å²) in [5.41, 5.74) is 0. The molecule has 100 heavy (non-hydrogen) atoms. The normalized spacial score (nSPS) is 15.0. The average Bonchev–Trinajstić information content (AvgIpc) is 0.965. The maximum atomic E-state index is 13.1. The minimum absolute atomic E-state index is 0.0146. The van der Waals surface area contributed by atoms with Gasteiger partial charge >= 0.3 is 39.5 Å². The van der Waals surface area contributed by atoms with Crippen molar-refractivity contribution in [2.75, 3.05) is 39.6 Å². The Balaban J connectivity index is 5.53. The number of unbranched alkanes of at least 4 members (excludes halogenated alkanes) is 12. The van der Waals surface area contributed by atoms with Gasteiger partial charge < -0.3 is 33.8 Å². The number of carbonyl (C=O) groups excluding carboxylic acids is 4. The molecule has 0 aliphatic rings. The smallest absolute Gasteiger partial charge is 0.462 e. The van der Waals surface area contributed by atoms with Gasteiger partial charge in [-0.25, -0.2) is 9.13 Å². The molecular formula is C81H128O17P2. The lowest BCUT2D eigenvalue weighted by Gasteiger charge is -2.21. The Morgan fingerprint density at radius 1 is 0.300 bits per heavy atom. The van der Waals surface area contributed by atoms with Gasteiger partial charge in [-0.2, -0.15) is 0 Å². The Kier molecular flexibility index (Phi) is 67.4. The first-order valence-corrected chi connectivity index (χ1v) is 40.0. The van der Waals surface area contributed by atoms with Crippen molar-refractivity contribution in [1.82, 2.24) is 0 Å². The Hall–Kier alpha value is -5.84. The van der Waals surface area contributed by atoms with Gasteiger partial charge in [0.25, 0.3) is 0 Å². The highest BCUT2D eigenvalue weighted by atomic mass is 31.2. The van der Waals surface area contributed by atoms with Crippen LogP contribution in [0.3, 0.4) is 0 Å². The van der Waals surface area contributed by atoms with E-state index in [1.807, 2.05) is 36.5 Å². The lowest BCUT2D eigenvalue weighted by molar-refractivity contribution is -0.161. The Morgan fingerprint density at radius 2 is 0.570 bits per heavy atom. The van der Waals surface area contributed by atoms with Gasteiger partial charge in [-0.3, -0.25) is 37.3 Å². The van der Waals surface area contributed by atoms with E-state index in [-0.39, 0.29) is 25.7 Å². The predicted molar refractivity (Wildman–Crippen MR) is 408 cm³/mol. The van der Waals surface area contributed by atoms with Crippen LogP contribution in [0.5, 0.6) is 0 Å². The van der Waals surface area contributed by atoms with Crippen LogP contribution in [-0.4, -0.2) is 96.7 Å². The maximum absolute atomic E-state index is 13.1. The summed E-state index contributed by atoms with van der Waals surface area (Å²) < 4.78 is 68.2. The van der Waals surface area contributed by atoms with Crippen molar-refractivity contribution in [3.8, 4) is 0 Å². The van der Waals surface area contributed by atoms with Gasteiger partial charge in [0, 0.05) is 19.3 Å². The quantitative estimate of drug-likeness (QED) is 0.0169. The molecule has 0 heterocycles. The molecule has 0 saturated carbocycles. The van der Waals surface area contributed by atoms with Crippen molar-refractivity contribution < 1.29 is 80.2 Å². The van der Waals surface area contributed by atoms with Crippen molar-refractivity contribution in [3.63, 3.8) is 0 Å². The van der Waals surface area contributed by atoms with Crippen molar-refractivity contribution >= 4 is 39.5 Å². The van der Waals surface area contributed by atoms with Gasteiger partial charge in [0.1, 0.15) is 19.3 Å². The molecule has 0 aliphatic carbocycles. The molecule has 0 fully saturated rings. The second-order valence-electron chi connectivity index (χ2n) is 23.8. The Morgan fingerprint density at radius 3 is 0.950 bits per heavy atom. The minimum Gasteiger partial charge on any atom is -0.462 e. The van der Waals surface area contributed by atoms with E-state index >= 15 is 0 Å². The Labute approximate surface area is 603 Å². The summed E-state index contributed by atoms with van der Waals surface area (Å²) >= 11 is 0. The fourth-order valence-corrected chi connectivity index (χ4v) is 10.4. The van der Waals surface area contributed by atoms with Crippen molar-refractivity contribution in [2.45, 2.75) is 264 Å². The summed E-state index contributed by atoms with van der Waals surface area (Å²) in [5, 5.41) is 10.6. The van der Waals surface area contributed by atoms with E-state index in [4.69, 9.17) is 37.0 Å². The monoisotopic (exact) mass is 1430 g/mol. The van der Waals surface area contributed by atoms with Gasteiger partial charge in [0.15, 0.2) is 12.2 Å². The van der Waals surface area contributed by atoms with E-state index in [1.165, 1.54) is 25.7 Å². The van der Waals surface area contributed by atoms with E-state index in [1.54, 1.807) is 6.08 Å². The molecular weight excluding hydrogens is 1310 g/mol. The molecule has 19 heteroatoms. The van der Waals surface area contributed by atoms with Crippen LogP contribution in [0.4, 0.5) is 0 Å².